The highest BCUT2D eigenvalue weighted by atomic mass is 19.4. The molecule has 1 aliphatic rings. The zero-order chi connectivity index (χ0) is 15.9. The van der Waals surface area contributed by atoms with Crippen LogP contribution < -0.4 is 5.32 Å². The molecule has 2 aromatic rings. The van der Waals surface area contributed by atoms with Crippen LogP contribution in [0.4, 0.5) is 13.2 Å². The second-order valence-corrected chi connectivity index (χ2v) is 5.30. The molecule has 3 N–H and O–H groups in total. The van der Waals surface area contributed by atoms with E-state index in [9.17, 15) is 23.4 Å². The van der Waals surface area contributed by atoms with Gasteiger partial charge in [0.25, 0.3) is 0 Å². The first-order chi connectivity index (χ1) is 10.4. The van der Waals surface area contributed by atoms with Crippen LogP contribution >= 0.6 is 0 Å². The molecule has 6 heteroatoms. The van der Waals surface area contributed by atoms with E-state index in [1.807, 2.05) is 0 Å². The first kappa shape index (κ1) is 14.7. The van der Waals surface area contributed by atoms with Gasteiger partial charge in [-0.15, -0.1) is 0 Å². The van der Waals surface area contributed by atoms with Crippen molar-refractivity contribution in [2.24, 2.45) is 0 Å². The summed E-state index contributed by atoms with van der Waals surface area (Å²) < 4.78 is 37.9. The summed E-state index contributed by atoms with van der Waals surface area (Å²) >= 11 is 0. The van der Waals surface area contributed by atoms with E-state index in [1.54, 1.807) is 0 Å². The van der Waals surface area contributed by atoms with Gasteiger partial charge in [-0.2, -0.15) is 13.2 Å². The average Bonchev–Trinajstić information content (AvgIpc) is 2.47. The summed E-state index contributed by atoms with van der Waals surface area (Å²) in [5.74, 6) is -0.425. The molecule has 0 aliphatic carbocycles. The Balaban J connectivity index is 1.99. The Bertz CT molecular complexity index is 696. The number of alkyl halides is 3. The number of halogens is 3. The van der Waals surface area contributed by atoms with E-state index in [4.69, 9.17) is 0 Å². The quantitative estimate of drug-likeness (QED) is 0.708. The van der Waals surface area contributed by atoms with E-state index < -0.39 is 11.7 Å². The van der Waals surface area contributed by atoms with Crippen LogP contribution in [0.5, 0.6) is 11.5 Å². The number of benzene rings is 2. The number of rotatable bonds is 1. The molecule has 3 nitrogen and oxygen atoms in total. The number of hydrogen-bond donors (Lipinski definition) is 3. The fourth-order valence-corrected chi connectivity index (χ4v) is 2.74. The van der Waals surface area contributed by atoms with Crippen molar-refractivity contribution in [3.8, 4) is 11.5 Å². The van der Waals surface area contributed by atoms with Crippen molar-refractivity contribution in [1.29, 1.82) is 0 Å². The number of phenols is 2. The van der Waals surface area contributed by atoms with Crippen LogP contribution in [0, 0.1) is 0 Å². The zero-order valence-electron chi connectivity index (χ0n) is 11.5. The molecular weight excluding hydrogens is 295 g/mol. The molecule has 3 rings (SSSR count). The highest BCUT2D eigenvalue weighted by molar-refractivity contribution is 5.50. The van der Waals surface area contributed by atoms with Crippen LogP contribution in [0.3, 0.4) is 0 Å². The Labute approximate surface area is 125 Å². The lowest BCUT2D eigenvalue weighted by molar-refractivity contribution is -0.137. The minimum absolute atomic E-state index is 0.188. The van der Waals surface area contributed by atoms with Crippen molar-refractivity contribution in [2.75, 3.05) is 6.54 Å². The van der Waals surface area contributed by atoms with Gasteiger partial charge in [0.15, 0.2) is 11.5 Å². The van der Waals surface area contributed by atoms with E-state index >= 15 is 0 Å². The van der Waals surface area contributed by atoms with Crippen molar-refractivity contribution >= 4 is 0 Å². The van der Waals surface area contributed by atoms with Crippen LogP contribution in [0.1, 0.15) is 28.3 Å². The number of hydrogen-bond acceptors (Lipinski definition) is 3. The Kier molecular flexibility index (Phi) is 3.48. The van der Waals surface area contributed by atoms with Gasteiger partial charge in [0.05, 0.1) is 11.6 Å². The van der Waals surface area contributed by atoms with Crippen LogP contribution in [0.2, 0.25) is 0 Å². The minimum atomic E-state index is -4.36. The van der Waals surface area contributed by atoms with Gasteiger partial charge in [-0.25, -0.2) is 0 Å². The maximum atomic E-state index is 12.6. The van der Waals surface area contributed by atoms with Gasteiger partial charge in [-0.3, -0.25) is 0 Å². The largest absolute Gasteiger partial charge is 0.504 e. The lowest BCUT2D eigenvalue weighted by atomic mass is 9.89. The molecule has 22 heavy (non-hydrogen) atoms. The molecule has 1 unspecified atom stereocenters. The first-order valence-corrected chi connectivity index (χ1v) is 6.81. The minimum Gasteiger partial charge on any atom is -0.504 e. The summed E-state index contributed by atoms with van der Waals surface area (Å²) in [5.41, 5.74) is 1.63. The Morgan fingerprint density at radius 3 is 2.27 bits per heavy atom. The lowest BCUT2D eigenvalue weighted by Crippen LogP contribution is -2.30. The van der Waals surface area contributed by atoms with E-state index in [-0.39, 0.29) is 17.5 Å². The van der Waals surface area contributed by atoms with E-state index in [0.29, 0.717) is 18.5 Å². The molecule has 0 saturated carbocycles. The Morgan fingerprint density at radius 2 is 1.64 bits per heavy atom. The molecule has 0 bridgehead atoms. The highest BCUT2D eigenvalue weighted by Crippen LogP contribution is 2.37. The predicted molar refractivity (Wildman–Crippen MR) is 74.8 cm³/mol. The number of fused-ring (bicyclic) bond motifs is 1. The summed E-state index contributed by atoms with van der Waals surface area (Å²) in [6.07, 6.45) is -3.68. The summed E-state index contributed by atoms with van der Waals surface area (Å²) in [4.78, 5) is 0. The second-order valence-electron chi connectivity index (χ2n) is 5.30. The average molecular weight is 309 g/mol. The van der Waals surface area contributed by atoms with Gasteiger partial charge in [0.2, 0.25) is 0 Å². The SMILES string of the molecule is Oc1cc2c(cc1O)C(c1ccc(C(F)(F)F)cc1)NCC2. The third kappa shape index (κ3) is 2.62. The summed E-state index contributed by atoms with van der Waals surface area (Å²) in [6, 6.07) is 7.61. The number of nitrogens with one attached hydrogen (secondary N) is 1. The van der Waals surface area contributed by atoms with Gasteiger partial charge in [-0.05, 0) is 47.4 Å². The molecule has 1 atom stereocenters. The van der Waals surface area contributed by atoms with Crippen molar-refractivity contribution in [3.63, 3.8) is 0 Å². The zero-order valence-corrected chi connectivity index (χ0v) is 11.5. The summed E-state index contributed by atoms with van der Waals surface area (Å²) in [6.45, 7) is 0.642. The van der Waals surface area contributed by atoms with Crippen LogP contribution in [-0.4, -0.2) is 16.8 Å². The van der Waals surface area contributed by atoms with Gasteiger partial charge >= 0.3 is 6.18 Å². The van der Waals surface area contributed by atoms with E-state index in [0.717, 1.165) is 23.3 Å². The molecule has 1 aliphatic heterocycles. The number of aromatic hydroxyl groups is 2. The van der Waals surface area contributed by atoms with Gasteiger partial charge in [0, 0.05) is 6.54 Å². The topological polar surface area (TPSA) is 52.5 Å². The van der Waals surface area contributed by atoms with Crippen molar-refractivity contribution in [2.45, 2.75) is 18.6 Å². The fourth-order valence-electron chi connectivity index (χ4n) is 2.74. The van der Waals surface area contributed by atoms with E-state index in [2.05, 4.69) is 5.32 Å². The van der Waals surface area contributed by atoms with Gasteiger partial charge in [-0.1, -0.05) is 12.1 Å². The third-order valence-corrected chi connectivity index (χ3v) is 3.86. The third-order valence-electron chi connectivity index (χ3n) is 3.86. The van der Waals surface area contributed by atoms with E-state index in [1.165, 1.54) is 24.3 Å². The normalized spacial score (nSPS) is 18.0. The second kappa shape index (κ2) is 5.21. The molecular formula is C16H14F3NO2. The van der Waals surface area contributed by atoms with Gasteiger partial charge in [0.1, 0.15) is 0 Å². The molecule has 0 radical (unpaired) electrons. The summed E-state index contributed by atoms with van der Waals surface area (Å²) in [7, 11) is 0. The molecule has 0 saturated heterocycles. The standard InChI is InChI=1S/C16H14F3NO2/c17-16(18,19)11-3-1-9(2-4-11)15-12-8-14(22)13(21)7-10(12)5-6-20-15/h1-4,7-8,15,20-22H,5-6H2. The summed E-state index contributed by atoms with van der Waals surface area (Å²) in [5, 5.41) is 22.4. The lowest BCUT2D eigenvalue weighted by Gasteiger charge is -2.28. The predicted octanol–water partition coefficient (Wildman–Crippen LogP) is 3.35. The molecule has 1 heterocycles. The monoisotopic (exact) mass is 309 g/mol. The molecule has 0 spiro atoms. The van der Waals surface area contributed by atoms with Crippen LogP contribution in [-0.2, 0) is 12.6 Å². The number of phenolic OH excluding ortho intramolecular Hbond substituents is 2. The Morgan fingerprint density at radius 1 is 1.00 bits per heavy atom. The maximum Gasteiger partial charge on any atom is 0.416 e. The maximum absolute atomic E-state index is 12.6. The first-order valence-electron chi connectivity index (χ1n) is 6.81. The molecule has 2 aromatic carbocycles. The molecule has 0 amide bonds. The van der Waals surface area contributed by atoms with Crippen molar-refractivity contribution in [1.82, 2.24) is 5.32 Å². The molecule has 0 aromatic heterocycles. The molecule has 0 fully saturated rings. The molecule has 116 valence electrons. The van der Waals surface area contributed by atoms with Crippen molar-refractivity contribution in [3.05, 3.63) is 58.7 Å². The smallest absolute Gasteiger partial charge is 0.416 e. The highest BCUT2D eigenvalue weighted by Gasteiger charge is 2.31. The van der Waals surface area contributed by atoms with Crippen LogP contribution in [0.15, 0.2) is 36.4 Å². The van der Waals surface area contributed by atoms with Crippen LogP contribution in [0.25, 0.3) is 0 Å². The Hall–Kier alpha value is -2.21. The fraction of sp³-hybridized carbons (Fsp3) is 0.250. The van der Waals surface area contributed by atoms with Gasteiger partial charge < -0.3 is 15.5 Å². The van der Waals surface area contributed by atoms with Crippen molar-refractivity contribution < 1.29 is 23.4 Å².